The quantitative estimate of drug-likeness (QED) is 0.463. The van der Waals surface area contributed by atoms with Crippen molar-refractivity contribution in [3.63, 3.8) is 0 Å². The van der Waals surface area contributed by atoms with Gasteiger partial charge in [-0.3, -0.25) is 4.79 Å². The smallest absolute Gasteiger partial charge is 0.289 e. The molecule has 0 fully saturated rings. The summed E-state index contributed by atoms with van der Waals surface area (Å²) in [7, 11) is 3.09. The van der Waals surface area contributed by atoms with Gasteiger partial charge in [0.05, 0.1) is 14.2 Å². The summed E-state index contributed by atoms with van der Waals surface area (Å²) in [6.45, 7) is 0. The number of aromatic hydroxyl groups is 1. The standard InChI is InChI=1S/C7H9NO2S.C5H5NO2S.2CH3.2Y/c1-9-6-3-5(11)4-8-7(6)10-2;7-4-1-3(9)2-6-5(4)8;;;;/h3-4,11H,1-2H3;1-2,7,9H,(H,6,8);2*1H3;;/q;;2*-1;;/p-2. The minimum atomic E-state index is -0.511. The average molecular weight is 520 g/mol. The molecule has 10 heteroatoms. The van der Waals surface area contributed by atoms with Crippen LogP contribution in [-0.4, -0.2) is 29.3 Å². The largest absolute Gasteiger partial charge is 0.778 e. The van der Waals surface area contributed by atoms with Crippen molar-refractivity contribution in [2.45, 2.75) is 9.79 Å². The van der Waals surface area contributed by atoms with Crippen LogP contribution in [0.25, 0.3) is 0 Å². The first kappa shape index (κ1) is 31.9. The van der Waals surface area contributed by atoms with E-state index in [-0.39, 0.29) is 86.0 Å². The second-order valence-electron chi connectivity index (χ2n) is 3.43. The number of rotatable bonds is 2. The number of hydrogen-bond donors (Lipinski definition) is 2. The molecule has 2 aromatic rings. The second-order valence-corrected chi connectivity index (χ2v) is 4.38. The minimum absolute atomic E-state index is 0. The second kappa shape index (κ2) is 16.6. The molecule has 0 aromatic carbocycles. The van der Waals surface area contributed by atoms with Crippen molar-refractivity contribution in [3.8, 4) is 17.4 Å². The van der Waals surface area contributed by atoms with Crippen molar-refractivity contribution in [1.82, 2.24) is 9.97 Å². The van der Waals surface area contributed by atoms with Crippen molar-refractivity contribution < 1.29 is 80.0 Å². The van der Waals surface area contributed by atoms with Crippen molar-refractivity contribution in [3.05, 3.63) is 49.7 Å². The van der Waals surface area contributed by atoms with Gasteiger partial charge in [0, 0.05) is 71.6 Å². The Hall–Kier alpha value is 0.148. The molecule has 2 aromatic heterocycles. The topological polar surface area (TPSA) is 84.4 Å². The van der Waals surface area contributed by atoms with Crippen molar-refractivity contribution in [2.75, 3.05) is 14.2 Å². The van der Waals surface area contributed by atoms with Crippen LogP contribution >= 0.6 is 0 Å². The third-order valence-electron chi connectivity index (χ3n) is 2.06. The van der Waals surface area contributed by atoms with Gasteiger partial charge in [0.1, 0.15) is 0 Å². The van der Waals surface area contributed by atoms with E-state index >= 15 is 0 Å². The summed E-state index contributed by atoms with van der Waals surface area (Å²) in [5, 5.41) is 8.69. The predicted octanol–water partition coefficient (Wildman–Crippen LogP) is 1.89. The first-order valence-corrected chi connectivity index (χ1v) is 6.13. The van der Waals surface area contributed by atoms with E-state index in [1.807, 2.05) is 0 Å². The molecule has 130 valence electrons. The molecule has 0 spiro atoms. The molecule has 0 amide bonds. The van der Waals surface area contributed by atoms with E-state index in [1.165, 1.54) is 19.4 Å². The van der Waals surface area contributed by atoms with Crippen LogP contribution in [0.3, 0.4) is 0 Å². The van der Waals surface area contributed by atoms with Crippen LogP contribution < -0.4 is 15.0 Å². The molecule has 0 aliphatic rings. The first-order valence-electron chi connectivity index (χ1n) is 5.31. The Labute approximate surface area is 204 Å². The van der Waals surface area contributed by atoms with E-state index < -0.39 is 5.56 Å². The van der Waals surface area contributed by atoms with Crippen molar-refractivity contribution in [2.24, 2.45) is 0 Å². The van der Waals surface area contributed by atoms with Gasteiger partial charge in [-0.05, 0) is 18.3 Å². The molecule has 2 radical (unpaired) electrons. The maximum absolute atomic E-state index is 10.4. The number of H-pyrrole nitrogens is 1. The molecule has 0 bridgehead atoms. The molecule has 2 N–H and O–H groups in total. The fraction of sp³-hybridized carbons (Fsp3) is 0.143. The maximum atomic E-state index is 10.4. The van der Waals surface area contributed by atoms with Crippen LogP contribution in [0.2, 0.25) is 0 Å². The summed E-state index contributed by atoms with van der Waals surface area (Å²) in [6.07, 6.45) is 2.91. The molecule has 24 heavy (non-hydrogen) atoms. The molecule has 0 saturated carbocycles. The van der Waals surface area contributed by atoms with Gasteiger partial charge in [-0.25, -0.2) is 4.98 Å². The van der Waals surface area contributed by atoms with E-state index in [0.29, 0.717) is 21.4 Å². The average Bonchev–Trinajstić information content (AvgIpc) is 2.44. The summed E-state index contributed by atoms with van der Waals surface area (Å²) >= 11 is 9.50. The Balaban J connectivity index is -0.000000145. The van der Waals surface area contributed by atoms with Crippen LogP contribution in [0.5, 0.6) is 17.4 Å². The van der Waals surface area contributed by atoms with Gasteiger partial charge in [0.25, 0.3) is 11.4 Å². The van der Waals surface area contributed by atoms with Gasteiger partial charge in [-0.1, -0.05) is 0 Å². The molecular formula is C14H18N2O4S2Y2-4. The molecule has 0 aliphatic carbocycles. The Kier molecular flexibility index (Phi) is 22.1. The van der Waals surface area contributed by atoms with Crippen LogP contribution in [-0.2, 0) is 90.7 Å². The Morgan fingerprint density at radius 2 is 1.67 bits per heavy atom. The maximum Gasteiger partial charge on any atom is 0.289 e. The molecule has 0 unspecified atom stereocenters. The monoisotopic (exact) mass is 520 g/mol. The Morgan fingerprint density at radius 1 is 1.08 bits per heavy atom. The number of nitrogens with one attached hydrogen (secondary N) is 1. The number of ether oxygens (including phenoxy) is 2. The van der Waals surface area contributed by atoms with Gasteiger partial charge in [0.15, 0.2) is 11.5 Å². The van der Waals surface area contributed by atoms with Gasteiger partial charge in [-0.2, -0.15) is 9.79 Å². The fourth-order valence-corrected chi connectivity index (χ4v) is 1.50. The normalized spacial score (nSPS) is 7.75. The van der Waals surface area contributed by atoms with Crippen LogP contribution in [0.15, 0.2) is 39.1 Å². The summed E-state index contributed by atoms with van der Waals surface area (Å²) in [5.74, 6) is 0.698. The number of hydrogen-bond acceptors (Lipinski definition) is 7. The number of aromatic amines is 1. The third-order valence-corrected chi connectivity index (χ3v) is 2.52. The zero-order valence-electron chi connectivity index (χ0n) is 13.9. The van der Waals surface area contributed by atoms with Gasteiger partial charge in [0.2, 0.25) is 0 Å². The van der Waals surface area contributed by atoms with E-state index in [0.717, 1.165) is 0 Å². The van der Waals surface area contributed by atoms with Crippen molar-refractivity contribution >= 4 is 25.3 Å². The summed E-state index contributed by atoms with van der Waals surface area (Å²) in [6, 6.07) is 2.93. The van der Waals surface area contributed by atoms with Gasteiger partial charge >= 0.3 is 0 Å². The Bertz CT molecular complexity index is 642. The molecular weight excluding hydrogens is 502 g/mol. The van der Waals surface area contributed by atoms with Crippen LogP contribution in [0, 0.1) is 14.9 Å². The van der Waals surface area contributed by atoms with E-state index in [2.05, 4.69) is 22.6 Å². The van der Waals surface area contributed by atoms with Crippen molar-refractivity contribution in [1.29, 1.82) is 0 Å². The van der Waals surface area contributed by atoms with E-state index in [9.17, 15) is 4.79 Å². The van der Waals surface area contributed by atoms with E-state index in [4.69, 9.17) is 27.2 Å². The van der Waals surface area contributed by atoms with Crippen LogP contribution in [0.1, 0.15) is 0 Å². The zero-order valence-corrected chi connectivity index (χ0v) is 21.2. The minimum Gasteiger partial charge on any atom is -0.778 e. The molecule has 6 nitrogen and oxygen atoms in total. The molecule has 0 saturated heterocycles. The number of nitrogens with zero attached hydrogens (tertiary/aromatic N) is 1. The Morgan fingerprint density at radius 3 is 2.08 bits per heavy atom. The molecule has 2 heterocycles. The van der Waals surface area contributed by atoms with Crippen LogP contribution in [0.4, 0.5) is 0 Å². The van der Waals surface area contributed by atoms with E-state index in [1.54, 1.807) is 19.4 Å². The third kappa shape index (κ3) is 10.9. The zero-order chi connectivity index (χ0) is 15.1. The number of pyridine rings is 2. The summed E-state index contributed by atoms with van der Waals surface area (Å²) < 4.78 is 9.87. The number of aromatic nitrogens is 2. The van der Waals surface area contributed by atoms with Gasteiger partial charge < -0.3 is 59.7 Å². The molecule has 2 rings (SSSR count). The summed E-state index contributed by atoms with van der Waals surface area (Å²) in [5.41, 5.74) is -0.511. The first-order chi connectivity index (χ1) is 9.47. The summed E-state index contributed by atoms with van der Waals surface area (Å²) in [4.78, 5) is 17.7. The fourth-order valence-electron chi connectivity index (χ4n) is 1.17. The van der Waals surface area contributed by atoms with Gasteiger partial charge in [-0.15, -0.1) is 0 Å². The number of methoxy groups -OCH3 is 2. The molecule has 0 atom stereocenters. The molecule has 0 aliphatic heterocycles. The predicted molar refractivity (Wildman–Crippen MR) is 90.2 cm³/mol. The SMILES string of the molecule is COc1cc([S-])cnc1OC.O=c1[nH]cc([S-])cc1O.[CH3-].[CH3-].[Y].[Y].